The van der Waals surface area contributed by atoms with Gasteiger partial charge in [-0.1, -0.05) is 66.7 Å². The molecule has 0 atom stereocenters. The zero-order valence-corrected chi connectivity index (χ0v) is 11.5. The first-order valence-corrected chi connectivity index (χ1v) is 6.78. The summed E-state index contributed by atoms with van der Waals surface area (Å²) >= 11 is 0. The Kier molecular flexibility index (Phi) is 3.94. The van der Waals surface area contributed by atoms with Crippen LogP contribution < -0.4 is 5.48 Å². The van der Waals surface area contributed by atoms with E-state index >= 15 is 0 Å². The molecule has 3 nitrogen and oxygen atoms in total. The fourth-order valence-electron chi connectivity index (χ4n) is 2.24. The van der Waals surface area contributed by atoms with Crippen LogP contribution in [0.3, 0.4) is 0 Å². The normalized spacial score (nSPS) is 10.5. The molecule has 0 saturated carbocycles. The van der Waals surface area contributed by atoms with Crippen molar-refractivity contribution in [3.05, 3.63) is 83.9 Å². The highest BCUT2D eigenvalue weighted by atomic mass is 16.6. The van der Waals surface area contributed by atoms with Crippen molar-refractivity contribution in [1.29, 1.82) is 0 Å². The quantitative estimate of drug-likeness (QED) is 0.738. The van der Waals surface area contributed by atoms with Gasteiger partial charge in [-0.05, 0) is 22.4 Å². The molecule has 0 unspecified atom stereocenters. The molecule has 0 aliphatic heterocycles. The summed E-state index contributed by atoms with van der Waals surface area (Å²) in [7, 11) is 0. The van der Waals surface area contributed by atoms with Gasteiger partial charge in [-0.25, -0.2) is 5.48 Å². The van der Waals surface area contributed by atoms with E-state index in [0.717, 1.165) is 16.3 Å². The Labute approximate surface area is 123 Å². The number of rotatable bonds is 4. The number of hydrogen-bond donors (Lipinski definition) is 1. The third kappa shape index (κ3) is 3.09. The molecule has 21 heavy (non-hydrogen) atoms. The second-order valence-electron chi connectivity index (χ2n) is 4.73. The Morgan fingerprint density at radius 2 is 1.57 bits per heavy atom. The molecular formula is C18H15NO2. The smallest absolute Gasteiger partial charge is 0.269 e. The third-order valence-electron chi connectivity index (χ3n) is 3.28. The van der Waals surface area contributed by atoms with Crippen molar-refractivity contribution in [2.75, 3.05) is 0 Å². The van der Waals surface area contributed by atoms with E-state index in [1.807, 2.05) is 66.7 Å². The van der Waals surface area contributed by atoms with Crippen LogP contribution in [0.2, 0.25) is 0 Å². The molecule has 1 N–H and O–H groups in total. The van der Waals surface area contributed by atoms with E-state index in [4.69, 9.17) is 4.84 Å². The minimum Gasteiger partial charge on any atom is -0.269 e. The van der Waals surface area contributed by atoms with Crippen LogP contribution in [0, 0.1) is 0 Å². The van der Waals surface area contributed by atoms with Crippen molar-refractivity contribution in [3.8, 4) is 0 Å². The minimum atomic E-state index is -0.234. The second kappa shape index (κ2) is 6.20. The lowest BCUT2D eigenvalue weighted by Crippen LogP contribution is -2.23. The summed E-state index contributed by atoms with van der Waals surface area (Å²) in [6.07, 6.45) is 0. The SMILES string of the molecule is O=C(NOCc1ccccc1)c1cccc2ccccc12. The van der Waals surface area contributed by atoms with Gasteiger partial charge in [0.05, 0.1) is 6.61 Å². The summed E-state index contributed by atoms with van der Waals surface area (Å²) in [5.74, 6) is -0.234. The average molecular weight is 277 g/mol. The van der Waals surface area contributed by atoms with Crippen LogP contribution in [0.4, 0.5) is 0 Å². The minimum absolute atomic E-state index is 0.234. The number of carbonyl (C=O) groups excluding carboxylic acids is 1. The van der Waals surface area contributed by atoms with Gasteiger partial charge in [0, 0.05) is 5.56 Å². The van der Waals surface area contributed by atoms with E-state index in [1.54, 1.807) is 6.07 Å². The monoisotopic (exact) mass is 277 g/mol. The molecule has 0 aromatic heterocycles. The van der Waals surface area contributed by atoms with Crippen LogP contribution in [0.15, 0.2) is 72.8 Å². The fourth-order valence-corrected chi connectivity index (χ4v) is 2.24. The molecule has 3 aromatic carbocycles. The topological polar surface area (TPSA) is 38.3 Å². The summed E-state index contributed by atoms with van der Waals surface area (Å²) in [5.41, 5.74) is 4.12. The molecule has 3 aromatic rings. The van der Waals surface area contributed by atoms with Crippen molar-refractivity contribution < 1.29 is 9.63 Å². The molecule has 3 heteroatoms. The van der Waals surface area contributed by atoms with E-state index in [9.17, 15) is 4.79 Å². The molecule has 104 valence electrons. The fraction of sp³-hybridized carbons (Fsp3) is 0.0556. The molecule has 0 bridgehead atoms. The van der Waals surface area contributed by atoms with Gasteiger partial charge in [-0.2, -0.15) is 0 Å². The van der Waals surface area contributed by atoms with Gasteiger partial charge >= 0.3 is 0 Å². The van der Waals surface area contributed by atoms with Crippen molar-refractivity contribution in [1.82, 2.24) is 5.48 Å². The van der Waals surface area contributed by atoms with Gasteiger partial charge in [0.15, 0.2) is 0 Å². The van der Waals surface area contributed by atoms with Gasteiger partial charge in [0.2, 0.25) is 0 Å². The van der Waals surface area contributed by atoms with E-state index in [0.29, 0.717) is 12.2 Å². The molecule has 0 aliphatic carbocycles. The third-order valence-corrected chi connectivity index (χ3v) is 3.28. The zero-order valence-electron chi connectivity index (χ0n) is 11.5. The van der Waals surface area contributed by atoms with E-state index in [1.165, 1.54) is 0 Å². The standard InChI is InChI=1S/C18H15NO2/c20-18(19-21-13-14-7-2-1-3-8-14)17-12-6-10-15-9-4-5-11-16(15)17/h1-12H,13H2,(H,19,20). The van der Waals surface area contributed by atoms with Gasteiger partial charge in [-0.15, -0.1) is 0 Å². The van der Waals surface area contributed by atoms with Crippen molar-refractivity contribution in [2.45, 2.75) is 6.61 Å². The van der Waals surface area contributed by atoms with Crippen LogP contribution in [-0.4, -0.2) is 5.91 Å². The zero-order chi connectivity index (χ0) is 14.5. The maximum absolute atomic E-state index is 12.2. The largest absolute Gasteiger partial charge is 0.275 e. The maximum atomic E-state index is 12.2. The summed E-state index contributed by atoms with van der Waals surface area (Å²) in [5, 5.41) is 1.95. The summed E-state index contributed by atoms with van der Waals surface area (Å²) in [4.78, 5) is 17.5. The Balaban J connectivity index is 1.70. The molecule has 0 heterocycles. The molecule has 0 aliphatic rings. The molecule has 1 amide bonds. The van der Waals surface area contributed by atoms with E-state index in [2.05, 4.69) is 5.48 Å². The van der Waals surface area contributed by atoms with Crippen molar-refractivity contribution in [2.24, 2.45) is 0 Å². The van der Waals surface area contributed by atoms with Gasteiger partial charge < -0.3 is 0 Å². The molecular weight excluding hydrogens is 262 g/mol. The molecule has 0 fully saturated rings. The molecule has 0 saturated heterocycles. The molecule has 3 rings (SSSR count). The number of hydroxylamine groups is 1. The summed E-state index contributed by atoms with van der Waals surface area (Å²) < 4.78 is 0. The highest BCUT2D eigenvalue weighted by Crippen LogP contribution is 2.18. The first-order chi connectivity index (χ1) is 10.3. The molecule has 0 spiro atoms. The maximum Gasteiger partial charge on any atom is 0.275 e. The Morgan fingerprint density at radius 3 is 2.43 bits per heavy atom. The van der Waals surface area contributed by atoms with E-state index < -0.39 is 0 Å². The Hall–Kier alpha value is -2.65. The predicted octanol–water partition coefficient (Wildman–Crippen LogP) is 3.70. The number of nitrogens with one attached hydrogen (secondary N) is 1. The predicted molar refractivity (Wildman–Crippen MR) is 82.6 cm³/mol. The Bertz CT molecular complexity index is 748. The van der Waals surface area contributed by atoms with Crippen LogP contribution in [0.1, 0.15) is 15.9 Å². The highest BCUT2D eigenvalue weighted by molar-refractivity contribution is 6.06. The number of carbonyl (C=O) groups is 1. The number of amides is 1. The number of hydrogen-bond acceptors (Lipinski definition) is 2. The van der Waals surface area contributed by atoms with Crippen LogP contribution in [0.5, 0.6) is 0 Å². The first kappa shape index (κ1) is 13.3. The van der Waals surface area contributed by atoms with Gasteiger partial charge in [-0.3, -0.25) is 9.63 Å². The highest BCUT2D eigenvalue weighted by Gasteiger charge is 2.09. The number of benzene rings is 3. The van der Waals surface area contributed by atoms with Crippen LogP contribution in [0.25, 0.3) is 10.8 Å². The lowest BCUT2D eigenvalue weighted by Gasteiger charge is -2.08. The summed E-state index contributed by atoms with van der Waals surface area (Å²) in [6.45, 7) is 0.345. The van der Waals surface area contributed by atoms with Crippen molar-refractivity contribution in [3.63, 3.8) is 0 Å². The first-order valence-electron chi connectivity index (χ1n) is 6.78. The van der Waals surface area contributed by atoms with Crippen molar-refractivity contribution >= 4 is 16.7 Å². The Morgan fingerprint density at radius 1 is 0.857 bits per heavy atom. The summed E-state index contributed by atoms with van der Waals surface area (Å²) in [6, 6.07) is 23.1. The van der Waals surface area contributed by atoms with E-state index in [-0.39, 0.29) is 5.91 Å². The molecule has 0 radical (unpaired) electrons. The van der Waals surface area contributed by atoms with Crippen LogP contribution in [-0.2, 0) is 11.4 Å². The average Bonchev–Trinajstić information content (AvgIpc) is 2.55. The van der Waals surface area contributed by atoms with Crippen LogP contribution >= 0.6 is 0 Å². The lowest BCUT2D eigenvalue weighted by atomic mass is 10.0. The van der Waals surface area contributed by atoms with Gasteiger partial charge in [0.25, 0.3) is 5.91 Å². The second-order valence-corrected chi connectivity index (χ2v) is 4.73. The lowest BCUT2D eigenvalue weighted by molar-refractivity contribution is 0.0235. The van der Waals surface area contributed by atoms with Gasteiger partial charge in [0.1, 0.15) is 0 Å². The number of fused-ring (bicyclic) bond motifs is 1.